The highest BCUT2D eigenvalue weighted by atomic mass is 32.2. The highest BCUT2D eigenvalue weighted by Gasteiger charge is 2.27. The summed E-state index contributed by atoms with van der Waals surface area (Å²) in [6.45, 7) is 5.65. The van der Waals surface area contributed by atoms with E-state index in [1.807, 2.05) is 20.8 Å². The molecule has 0 radical (unpaired) electrons. The Morgan fingerprint density at radius 1 is 1.50 bits per heavy atom. The zero-order valence-electron chi connectivity index (χ0n) is 11.3. The highest BCUT2D eigenvalue weighted by molar-refractivity contribution is 7.91. The third-order valence-electron chi connectivity index (χ3n) is 3.10. The van der Waals surface area contributed by atoms with Gasteiger partial charge >= 0.3 is 0 Å². The first-order valence-electron chi connectivity index (χ1n) is 6.02. The van der Waals surface area contributed by atoms with Gasteiger partial charge in [0.15, 0.2) is 0 Å². The second kappa shape index (κ2) is 6.14. The number of thiophene rings is 1. The lowest BCUT2D eigenvalue weighted by atomic mass is 10.2. The summed E-state index contributed by atoms with van der Waals surface area (Å²) in [6, 6.07) is 1.63. The zero-order valence-corrected chi connectivity index (χ0v) is 12.9. The predicted octanol–water partition coefficient (Wildman–Crippen LogP) is 2.36. The van der Waals surface area contributed by atoms with Crippen molar-refractivity contribution in [3.8, 4) is 0 Å². The molecular formula is C12H21NO3S2. The first kappa shape index (κ1) is 15.6. The molecule has 0 spiro atoms. The van der Waals surface area contributed by atoms with Crippen molar-refractivity contribution in [1.29, 1.82) is 0 Å². The van der Waals surface area contributed by atoms with Crippen LogP contribution in [0, 0.1) is 6.92 Å². The molecule has 4 nitrogen and oxygen atoms in total. The van der Waals surface area contributed by atoms with Crippen molar-refractivity contribution in [3.63, 3.8) is 0 Å². The van der Waals surface area contributed by atoms with E-state index in [-0.39, 0.29) is 12.6 Å². The van der Waals surface area contributed by atoms with Crippen LogP contribution in [0.15, 0.2) is 10.3 Å². The maximum atomic E-state index is 12.4. The molecule has 0 fully saturated rings. The molecule has 6 heteroatoms. The van der Waals surface area contributed by atoms with Gasteiger partial charge in [0, 0.05) is 18.0 Å². The minimum absolute atomic E-state index is 0.0139. The van der Waals surface area contributed by atoms with E-state index in [4.69, 9.17) is 5.11 Å². The summed E-state index contributed by atoms with van der Waals surface area (Å²) in [5, 5.41) is 9.13. The lowest BCUT2D eigenvalue weighted by Crippen LogP contribution is -2.34. The standard InChI is InChI=1S/C12H21NO3S2/c1-5-6-10(3)13(4)18(15,16)12-7-9(2)11(8-14)17-12/h7,10,14H,5-6,8H2,1-4H3. The molecule has 104 valence electrons. The average Bonchev–Trinajstić information content (AvgIpc) is 2.70. The Balaban J connectivity index is 3.05. The summed E-state index contributed by atoms with van der Waals surface area (Å²) in [5.41, 5.74) is 0.831. The summed E-state index contributed by atoms with van der Waals surface area (Å²) in [4.78, 5) is 0.713. The molecule has 0 amide bonds. The second-order valence-electron chi connectivity index (χ2n) is 4.49. The number of hydrogen-bond donors (Lipinski definition) is 1. The monoisotopic (exact) mass is 291 g/mol. The van der Waals surface area contributed by atoms with Gasteiger partial charge < -0.3 is 5.11 Å². The largest absolute Gasteiger partial charge is 0.391 e. The molecule has 18 heavy (non-hydrogen) atoms. The van der Waals surface area contributed by atoms with Gasteiger partial charge in [-0.2, -0.15) is 4.31 Å². The maximum absolute atomic E-state index is 12.4. The number of sulfonamides is 1. The fraction of sp³-hybridized carbons (Fsp3) is 0.667. The van der Waals surface area contributed by atoms with Gasteiger partial charge in [0.05, 0.1) is 6.61 Å². The van der Waals surface area contributed by atoms with Crippen LogP contribution in [0.2, 0.25) is 0 Å². The molecule has 1 aromatic heterocycles. The fourth-order valence-electron chi connectivity index (χ4n) is 1.75. The molecule has 1 rings (SSSR count). The van der Waals surface area contributed by atoms with Crippen LogP contribution in [0.3, 0.4) is 0 Å². The van der Waals surface area contributed by atoms with Gasteiger partial charge in [-0.3, -0.25) is 0 Å². The van der Waals surface area contributed by atoms with E-state index >= 15 is 0 Å². The van der Waals surface area contributed by atoms with E-state index < -0.39 is 10.0 Å². The van der Waals surface area contributed by atoms with Gasteiger partial charge in [-0.15, -0.1) is 11.3 Å². The Morgan fingerprint density at radius 2 is 2.11 bits per heavy atom. The van der Waals surface area contributed by atoms with Crippen LogP contribution < -0.4 is 0 Å². The Morgan fingerprint density at radius 3 is 2.56 bits per heavy atom. The lowest BCUT2D eigenvalue weighted by molar-refractivity contribution is 0.285. The van der Waals surface area contributed by atoms with E-state index in [9.17, 15) is 8.42 Å². The number of aliphatic hydroxyl groups is 1. The molecule has 1 unspecified atom stereocenters. The SMILES string of the molecule is CCCC(C)N(C)S(=O)(=O)c1cc(C)c(CO)s1. The minimum Gasteiger partial charge on any atom is -0.391 e. The molecule has 1 aromatic rings. The molecular weight excluding hydrogens is 270 g/mol. The van der Waals surface area contributed by atoms with Crippen LogP contribution in [0.1, 0.15) is 37.1 Å². The number of aliphatic hydroxyl groups excluding tert-OH is 1. The maximum Gasteiger partial charge on any atom is 0.252 e. The smallest absolute Gasteiger partial charge is 0.252 e. The molecule has 0 aliphatic heterocycles. The summed E-state index contributed by atoms with van der Waals surface area (Å²) < 4.78 is 26.5. The van der Waals surface area contributed by atoms with Crippen LogP contribution >= 0.6 is 11.3 Å². The molecule has 1 N–H and O–H groups in total. The Kier molecular flexibility index (Phi) is 5.33. The van der Waals surface area contributed by atoms with E-state index in [0.717, 1.165) is 29.7 Å². The summed E-state index contributed by atoms with van der Waals surface area (Å²) in [5.74, 6) is 0. The Hall–Kier alpha value is -0.430. The predicted molar refractivity (Wildman–Crippen MR) is 74.3 cm³/mol. The van der Waals surface area contributed by atoms with Crippen molar-refractivity contribution >= 4 is 21.4 Å². The number of rotatable bonds is 6. The molecule has 0 saturated carbocycles. The molecule has 1 atom stereocenters. The summed E-state index contributed by atoms with van der Waals surface area (Å²) in [6.07, 6.45) is 1.79. The second-order valence-corrected chi connectivity index (χ2v) is 7.85. The van der Waals surface area contributed by atoms with Gasteiger partial charge in [-0.05, 0) is 31.9 Å². The Labute approximate surface area is 113 Å². The topological polar surface area (TPSA) is 57.6 Å². The van der Waals surface area contributed by atoms with Crippen molar-refractivity contribution in [2.24, 2.45) is 0 Å². The molecule has 0 saturated heterocycles. The van der Waals surface area contributed by atoms with Crippen LogP contribution in [0.4, 0.5) is 0 Å². The Bertz CT molecular complexity index is 493. The van der Waals surface area contributed by atoms with E-state index in [1.165, 1.54) is 4.31 Å². The third kappa shape index (κ3) is 3.12. The summed E-state index contributed by atoms with van der Waals surface area (Å²) in [7, 11) is -1.82. The van der Waals surface area contributed by atoms with Crippen molar-refractivity contribution in [2.45, 2.75) is 50.5 Å². The van der Waals surface area contributed by atoms with Crippen LogP contribution in [-0.4, -0.2) is 30.9 Å². The van der Waals surface area contributed by atoms with Crippen molar-refractivity contribution < 1.29 is 13.5 Å². The van der Waals surface area contributed by atoms with Gasteiger partial charge in [0.1, 0.15) is 4.21 Å². The minimum atomic E-state index is -3.43. The number of aryl methyl sites for hydroxylation is 1. The fourth-order valence-corrected chi connectivity index (χ4v) is 4.78. The quantitative estimate of drug-likeness (QED) is 0.875. The van der Waals surface area contributed by atoms with Crippen LogP contribution in [-0.2, 0) is 16.6 Å². The van der Waals surface area contributed by atoms with E-state index in [0.29, 0.717) is 9.09 Å². The number of hydrogen-bond acceptors (Lipinski definition) is 4. The molecule has 0 aliphatic rings. The normalized spacial score (nSPS) is 14.1. The van der Waals surface area contributed by atoms with Crippen molar-refractivity contribution in [1.82, 2.24) is 4.31 Å². The third-order valence-corrected chi connectivity index (χ3v) is 6.74. The zero-order chi connectivity index (χ0) is 13.9. The highest BCUT2D eigenvalue weighted by Crippen LogP contribution is 2.29. The van der Waals surface area contributed by atoms with Gasteiger partial charge in [0.25, 0.3) is 10.0 Å². The molecule has 1 heterocycles. The lowest BCUT2D eigenvalue weighted by Gasteiger charge is -2.23. The molecule has 0 aromatic carbocycles. The summed E-state index contributed by atoms with van der Waals surface area (Å²) >= 11 is 1.15. The van der Waals surface area contributed by atoms with Gasteiger partial charge in [0.2, 0.25) is 0 Å². The molecule has 0 aliphatic carbocycles. The van der Waals surface area contributed by atoms with E-state index in [1.54, 1.807) is 13.1 Å². The van der Waals surface area contributed by atoms with Gasteiger partial charge in [-0.1, -0.05) is 13.3 Å². The molecule has 0 bridgehead atoms. The number of nitrogens with zero attached hydrogens (tertiary/aromatic N) is 1. The van der Waals surface area contributed by atoms with Gasteiger partial charge in [-0.25, -0.2) is 8.42 Å². The average molecular weight is 291 g/mol. The van der Waals surface area contributed by atoms with Crippen LogP contribution in [0.25, 0.3) is 0 Å². The van der Waals surface area contributed by atoms with Crippen molar-refractivity contribution in [3.05, 3.63) is 16.5 Å². The van der Waals surface area contributed by atoms with E-state index in [2.05, 4.69) is 0 Å². The first-order valence-corrected chi connectivity index (χ1v) is 8.28. The van der Waals surface area contributed by atoms with Crippen molar-refractivity contribution in [2.75, 3.05) is 7.05 Å². The first-order chi connectivity index (χ1) is 8.34. The van der Waals surface area contributed by atoms with Crippen LogP contribution in [0.5, 0.6) is 0 Å².